The molecule has 27 heavy (non-hydrogen) atoms. The number of nitrogens with zero attached hydrogens (tertiary/aromatic N) is 1. The Labute approximate surface area is 165 Å². The van der Waals surface area contributed by atoms with E-state index in [4.69, 9.17) is 11.6 Å². The van der Waals surface area contributed by atoms with Crippen molar-refractivity contribution in [2.45, 2.75) is 17.7 Å². The van der Waals surface area contributed by atoms with E-state index in [0.29, 0.717) is 9.92 Å². The third-order valence-corrected chi connectivity index (χ3v) is 6.20. The molecular weight excluding hydrogens is 380 g/mol. The molecule has 1 N–H and O–H groups in total. The van der Waals surface area contributed by atoms with Crippen molar-refractivity contribution in [3.05, 3.63) is 77.0 Å². The third-order valence-electron chi connectivity index (χ3n) is 4.82. The van der Waals surface area contributed by atoms with Gasteiger partial charge in [0.15, 0.2) is 9.84 Å². The maximum absolute atomic E-state index is 11.8. The highest BCUT2D eigenvalue weighted by Gasteiger charge is 2.25. The van der Waals surface area contributed by atoms with Crippen molar-refractivity contribution in [1.29, 1.82) is 0 Å². The molecule has 4 nitrogen and oxygen atoms in total. The van der Waals surface area contributed by atoms with Crippen molar-refractivity contribution in [1.82, 2.24) is 10.4 Å². The molecule has 1 saturated carbocycles. The summed E-state index contributed by atoms with van der Waals surface area (Å²) in [6, 6.07) is 14.7. The monoisotopic (exact) mass is 400 g/mol. The van der Waals surface area contributed by atoms with Crippen LogP contribution >= 0.6 is 11.6 Å². The van der Waals surface area contributed by atoms with Crippen LogP contribution in [0.1, 0.15) is 24.0 Å². The van der Waals surface area contributed by atoms with Gasteiger partial charge in [-0.2, -0.15) is 0 Å². The minimum absolute atomic E-state index is 0.320. The lowest BCUT2D eigenvalue weighted by Crippen LogP contribution is -2.36. The number of hydrazine groups is 1. The number of hydrogen-bond acceptors (Lipinski definition) is 4. The molecule has 1 fully saturated rings. The van der Waals surface area contributed by atoms with Crippen LogP contribution in [-0.4, -0.2) is 26.2 Å². The molecule has 0 spiro atoms. The van der Waals surface area contributed by atoms with Gasteiger partial charge in [0, 0.05) is 35.2 Å². The van der Waals surface area contributed by atoms with Crippen LogP contribution in [0.3, 0.4) is 0 Å². The molecule has 0 aromatic heterocycles. The maximum atomic E-state index is 11.8. The number of hydrogen-bond donors (Lipinski definition) is 1. The SMILES string of the molecule is CS(=O)(=O)c1ccc(C2=C(c3ccc(Cl)cc3)C=CN(CC3CC3)N2)cc1. The van der Waals surface area contributed by atoms with Crippen molar-refractivity contribution in [2.24, 2.45) is 5.92 Å². The summed E-state index contributed by atoms with van der Waals surface area (Å²) in [4.78, 5) is 0.320. The van der Waals surface area contributed by atoms with Gasteiger partial charge in [-0.25, -0.2) is 8.42 Å². The Morgan fingerprint density at radius 1 is 1.04 bits per heavy atom. The lowest BCUT2D eigenvalue weighted by Gasteiger charge is -2.30. The second-order valence-corrected chi connectivity index (χ2v) is 9.57. The highest BCUT2D eigenvalue weighted by molar-refractivity contribution is 7.90. The molecule has 4 rings (SSSR count). The first-order chi connectivity index (χ1) is 12.9. The van der Waals surface area contributed by atoms with E-state index < -0.39 is 9.84 Å². The van der Waals surface area contributed by atoms with Crippen molar-refractivity contribution < 1.29 is 8.42 Å². The molecule has 6 heteroatoms. The van der Waals surface area contributed by atoms with E-state index in [0.717, 1.165) is 34.9 Å². The molecule has 1 aliphatic heterocycles. The second-order valence-electron chi connectivity index (χ2n) is 7.12. The Hall–Kier alpha value is -2.24. The molecule has 0 unspecified atom stereocenters. The predicted octanol–water partition coefficient (Wildman–Crippen LogP) is 4.36. The number of benzene rings is 2. The number of rotatable bonds is 5. The standard InChI is InChI=1S/C21H21ClN2O2S/c1-27(25,26)19-10-6-17(7-11-19)21-20(16-4-8-18(22)9-5-16)12-13-24(23-21)14-15-2-3-15/h4-13,15,23H,2-3,14H2,1H3. The van der Waals surface area contributed by atoms with Gasteiger partial charge in [0.1, 0.15) is 0 Å². The zero-order chi connectivity index (χ0) is 19.0. The molecule has 0 saturated heterocycles. The molecule has 2 aromatic rings. The van der Waals surface area contributed by atoms with Crippen molar-refractivity contribution >= 4 is 32.7 Å². The minimum Gasteiger partial charge on any atom is -0.298 e. The third kappa shape index (κ3) is 4.20. The van der Waals surface area contributed by atoms with Gasteiger partial charge in [0.25, 0.3) is 0 Å². The van der Waals surface area contributed by atoms with E-state index >= 15 is 0 Å². The molecule has 0 bridgehead atoms. The van der Waals surface area contributed by atoms with Crippen LogP contribution in [0.15, 0.2) is 65.7 Å². The van der Waals surface area contributed by atoms with Crippen LogP contribution in [-0.2, 0) is 9.84 Å². The summed E-state index contributed by atoms with van der Waals surface area (Å²) in [5.41, 5.74) is 7.51. The summed E-state index contributed by atoms with van der Waals surface area (Å²) in [7, 11) is -3.21. The van der Waals surface area contributed by atoms with Crippen molar-refractivity contribution in [3.63, 3.8) is 0 Å². The highest BCUT2D eigenvalue weighted by atomic mass is 35.5. The summed E-state index contributed by atoms with van der Waals surface area (Å²) < 4.78 is 23.5. The van der Waals surface area contributed by atoms with Crippen LogP contribution in [0, 0.1) is 5.92 Å². The molecule has 2 aliphatic rings. The number of allylic oxidation sites excluding steroid dienone is 2. The Morgan fingerprint density at radius 2 is 1.67 bits per heavy atom. The van der Waals surface area contributed by atoms with Crippen LogP contribution in [0.2, 0.25) is 5.02 Å². The largest absolute Gasteiger partial charge is 0.298 e. The Bertz CT molecular complexity index is 1010. The van der Waals surface area contributed by atoms with E-state index in [1.807, 2.05) is 36.4 Å². The smallest absolute Gasteiger partial charge is 0.175 e. The predicted molar refractivity (Wildman–Crippen MR) is 110 cm³/mol. The minimum atomic E-state index is -3.21. The normalized spacial score (nSPS) is 17.2. The van der Waals surface area contributed by atoms with E-state index in [2.05, 4.69) is 22.7 Å². The van der Waals surface area contributed by atoms with Gasteiger partial charge in [-0.3, -0.25) is 10.4 Å². The fourth-order valence-electron chi connectivity index (χ4n) is 3.13. The average molecular weight is 401 g/mol. The number of sulfone groups is 1. The van der Waals surface area contributed by atoms with E-state index in [1.54, 1.807) is 12.1 Å². The lowest BCUT2D eigenvalue weighted by atomic mass is 9.98. The van der Waals surface area contributed by atoms with E-state index in [-0.39, 0.29) is 0 Å². The second kappa shape index (κ2) is 7.06. The van der Waals surface area contributed by atoms with Crippen LogP contribution in [0.25, 0.3) is 11.3 Å². The van der Waals surface area contributed by atoms with Gasteiger partial charge in [-0.05, 0) is 54.7 Å². The average Bonchev–Trinajstić information content (AvgIpc) is 3.46. The Morgan fingerprint density at radius 3 is 2.26 bits per heavy atom. The summed E-state index contributed by atoms with van der Waals surface area (Å²) in [5.74, 6) is 0.744. The number of nitrogens with one attached hydrogen (secondary N) is 1. The molecule has 2 aromatic carbocycles. The van der Waals surface area contributed by atoms with Gasteiger partial charge in [-0.15, -0.1) is 0 Å². The maximum Gasteiger partial charge on any atom is 0.175 e. The fourth-order valence-corrected chi connectivity index (χ4v) is 3.89. The molecule has 1 heterocycles. The zero-order valence-corrected chi connectivity index (χ0v) is 16.6. The molecule has 0 radical (unpaired) electrons. The topological polar surface area (TPSA) is 49.4 Å². The molecule has 0 atom stereocenters. The van der Waals surface area contributed by atoms with Crippen LogP contribution in [0.4, 0.5) is 0 Å². The van der Waals surface area contributed by atoms with Crippen molar-refractivity contribution in [2.75, 3.05) is 12.8 Å². The summed E-state index contributed by atoms with van der Waals surface area (Å²) in [6.45, 7) is 0.968. The van der Waals surface area contributed by atoms with Gasteiger partial charge in [0.2, 0.25) is 0 Å². The van der Waals surface area contributed by atoms with Crippen LogP contribution < -0.4 is 5.43 Å². The van der Waals surface area contributed by atoms with Gasteiger partial charge in [0.05, 0.1) is 10.6 Å². The number of halogens is 1. The van der Waals surface area contributed by atoms with Crippen molar-refractivity contribution in [3.8, 4) is 0 Å². The first-order valence-corrected chi connectivity index (χ1v) is 11.2. The fraction of sp³-hybridized carbons (Fsp3) is 0.238. The Balaban J connectivity index is 1.73. The first-order valence-electron chi connectivity index (χ1n) is 8.92. The quantitative estimate of drug-likeness (QED) is 0.810. The highest BCUT2D eigenvalue weighted by Crippen LogP contribution is 2.33. The zero-order valence-electron chi connectivity index (χ0n) is 15.0. The summed E-state index contributed by atoms with van der Waals surface area (Å²) >= 11 is 6.04. The Kier molecular flexibility index (Phi) is 4.74. The molecule has 0 amide bonds. The van der Waals surface area contributed by atoms with E-state index in [1.165, 1.54) is 19.1 Å². The van der Waals surface area contributed by atoms with Gasteiger partial charge in [-0.1, -0.05) is 35.9 Å². The summed E-state index contributed by atoms with van der Waals surface area (Å²) in [5, 5.41) is 2.80. The van der Waals surface area contributed by atoms with E-state index in [9.17, 15) is 8.42 Å². The molecular formula is C21H21ClN2O2S. The molecule has 1 aliphatic carbocycles. The van der Waals surface area contributed by atoms with Gasteiger partial charge >= 0.3 is 0 Å². The lowest BCUT2D eigenvalue weighted by molar-refractivity contribution is 0.309. The van der Waals surface area contributed by atoms with Crippen LogP contribution in [0.5, 0.6) is 0 Å². The molecule has 140 valence electrons. The summed E-state index contributed by atoms with van der Waals surface area (Å²) in [6.07, 6.45) is 7.94. The first kappa shape index (κ1) is 18.1. The van der Waals surface area contributed by atoms with Gasteiger partial charge < -0.3 is 0 Å².